The number of nitrogens with one attached hydrogen (secondary N) is 1. The number of halogens is 1. The van der Waals surface area contributed by atoms with E-state index >= 15 is 0 Å². The number of benzene rings is 1. The zero-order valence-corrected chi connectivity index (χ0v) is 16.3. The second-order valence-corrected chi connectivity index (χ2v) is 8.10. The SMILES string of the molecule is Cc1nc2nc(N[C@@H](C)c3cccc(F)c3)nc(C(=O)N3CC[C@H](O)C3)c2s1. The van der Waals surface area contributed by atoms with E-state index in [1.165, 1.54) is 23.5 Å². The third-order valence-electron chi connectivity index (χ3n) is 4.71. The highest BCUT2D eigenvalue weighted by atomic mass is 32.1. The van der Waals surface area contributed by atoms with Crippen molar-refractivity contribution in [2.75, 3.05) is 18.4 Å². The van der Waals surface area contributed by atoms with Gasteiger partial charge in [0.25, 0.3) is 5.91 Å². The average Bonchev–Trinajstić information content (AvgIpc) is 3.25. The molecule has 9 heteroatoms. The summed E-state index contributed by atoms with van der Waals surface area (Å²) < 4.78 is 14.1. The first-order chi connectivity index (χ1) is 13.4. The van der Waals surface area contributed by atoms with E-state index in [9.17, 15) is 14.3 Å². The highest BCUT2D eigenvalue weighted by molar-refractivity contribution is 7.18. The summed E-state index contributed by atoms with van der Waals surface area (Å²) in [5, 5.41) is 13.7. The van der Waals surface area contributed by atoms with Gasteiger partial charge in [-0.1, -0.05) is 12.1 Å². The van der Waals surface area contributed by atoms with Crippen LogP contribution in [-0.2, 0) is 0 Å². The largest absolute Gasteiger partial charge is 0.391 e. The van der Waals surface area contributed by atoms with Crippen LogP contribution in [0.25, 0.3) is 10.3 Å². The lowest BCUT2D eigenvalue weighted by atomic mass is 10.1. The molecule has 0 aliphatic carbocycles. The predicted octanol–water partition coefficient (Wildman–Crippen LogP) is 2.91. The molecule has 146 valence electrons. The minimum absolute atomic E-state index is 0.242. The summed E-state index contributed by atoms with van der Waals surface area (Å²) in [4.78, 5) is 27.9. The molecular formula is C19H20FN5O2S. The van der Waals surface area contributed by atoms with Gasteiger partial charge in [0.1, 0.15) is 10.5 Å². The number of carbonyl (C=O) groups excluding carboxylic acids is 1. The number of carbonyl (C=O) groups is 1. The second-order valence-electron chi connectivity index (χ2n) is 6.90. The smallest absolute Gasteiger partial charge is 0.274 e. The molecule has 1 saturated heterocycles. The van der Waals surface area contributed by atoms with E-state index in [4.69, 9.17) is 0 Å². The number of thiazole rings is 1. The van der Waals surface area contributed by atoms with Crippen molar-refractivity contribution in [3.8, 4) is 0 Å². The van der Waals surface area contributed by atoms with E-state index < -0.39 is 6.10 Å². The third kappa shape index (κ3) is 3.67. The number of aryl methyl sites for hydroxylation is 1. The molecule has 28 heavy (non-hydrogen) atoms. The maximum Gasteiger partial charge on any atom is 0.274 e. The van der Waals surface area contributed by atoms with Crippen molar-refractivity contribution in [2.24, 2.45) is 0 Å². The number of aromatic nitrogens is 3. The summed E-state index contributed by atoms with van der Waals surface area (Å²) in [5.74, 6) is -0.298. The van der Waals surface area contributed by atoms with Gasteiger partial charge in [0.2, 0.25) is 5.95 Å². The molecule has 1 amide bonds. The maximum atomic E-state index is 13.5. The fourth-order valence-electron chi connectivity index (χ4n) is 3.27. The highest BCUT2D eigenvalue weighted by Gasteiger charge is 2.29. The number of anilines is 1. The molecule has 0 saturated carbocycles. The molecule has 2 N–H and O–H groups in total. The lowest BCUT2D eigenvalue weighted by Gasteiger charge is -2.17. The lowest BCUT2D eigenvalue weighted by Crippen LogP contribution is -2.30. The first-order valence-corrected chi connectivity index (χ1v) is 9.87. The first kappa shape index (κ1) is 18.7. The molecule has 7 nitrogen and oxygen atoms in total. The van der Waals surface area contributed by atoms with Gasteiger partial charge >= 0.3 is 0 Å². The Hall–Kier alpha value is -2.65. The van der Waals surface area contributed by atoms with Crippen molar-refractivity contribution in [1.29, 1.82) is 0 Å². The number of fused-ring (bicyclic) bond motifs is 1. The number of β-amino-alcohol motifs (C(OH)–C–C–N with tert-alkyl or cyclic N) is 1. The van der Waals surface area contributed by atoms with Crippen molar-refractivity contribution in [3.63, 3.8) is 0 Å². The van der Waals surface area contributed by atoms with Gasteiger partial charge in [-0.2, -0.15) is 4.98 Å². The van der Waals surface area contributed by atoms with E-state index in [1.54, 1.807) is 11.0 Å². The molecule has 2 atom stereocenters. The number of hydrogen-bond acceptors (Lipinski definition) is 7. The Kier molecular flexibility index (Phi) is 4.94. The lowest BCUT2D eigenvalue weighted by molar-refractivity contribution is 0.0761. The minimum Gasteiger partial charge on any atom is -0.391 e. The van der Waals surface area contributed by atoms with Crippen LogP contribution < -0.4 is 5.32 Å². The van der Waals surface area contributed by atoms with Crippen LogP contribution in [0.5, 0.6) is 0 Å². The van der Waals surface area contributed by atoms with E-state index in [0.717, 1.165) is 10.6 Å². The van der Waals surface area contributed by atoms with Crippen molar-refractivity contribution in [2.45, 2.75) is 32.4 Å². The molecule has 1 aliphatic heterocycles. The molecule has 3 aromatic rings. The molecule has 1 fully saturated rings. The number of likely N-dealkylation sites (tertiary alicyclic amines) is 1. The molecule has 0 spiro atoms. The maximum absolute atomic E-state index is 13.5. The number of rotatable bonds is 4. The molecule has 2 aromatic heterocycles. The van der Waals surface area contributed by atoms with Crippen LogP contribution in [0, 0.1) is 12.7 Å². The van der Waals surface area contributed by atoms with Gasteiger partial charge in [0.15, 0.2) is 11.3 Å². The molecule has 1 aliphatic rings. The fourth-order valence-corrected chi connectivity index (χ4v) is 4.11. The van der Waals surface area contributed by atoms with Gasteiger partial charge in [0.05, 0.1) is 17.2 Å². The second kappa shape index (κ2) is 7.40. The summed E-state index contributed by atoms with van der Waals surface area (Å²) in [5.41, 5.74) is 1.47. The topological polar surface area (TPSA) is 91.2 Å². The zero-order valence-electron chi connectivity index (χ0n) is 15.5. The fraction of sp³-hybridized carbons (Fsp3) is 0.368. The van der Waals surface area contributed by atoms with Crippen LogP contribution in [0.15, 0.2) is 24.3 Å². The number of aliphatic hydroxyl groups is 1. The molecule has 0 radical (unpaired) electrons. The van der Waals surface area contributed by atoms with Crippen molar-refractivity contribution in [3.05, 3.63) is 46.3 Å². The average molecular weight is 401 g/mol. The van der Waals surface area contributed by atoms with Crippen LogP contribution in [-0.4, -0.2) is 50.1 Å². The summed E-state index contributed by atoms with van der Waals surface area (Å²) in [6.45, 7) is 4.51. The number of hydrogen-bond donors (Lipinski definition) is 2. The molecular weight excluding hydrogens is 381 g/mol. The Morgan fingerprint density at radius 2 is 2.21 bits per heavy atom. The van der Waals surface area contributed by atoms with Gasteiger partial charge in [-0.15, -0.1) is 11.3 Å². The molecule has 0 unspecified atom stereocenters. The van der Waals surface area contributed by atoms with E-state index in [2.05, 4.69) is 20.3 Å². The van der Waals surface area contributed by atoms with Gasteiger partial charge in [0, 0.05) is 13.1 Å². The number of amides is 1. The zero-order chi connectivity index (χ0) is 19.8. The molecule has 1 aromatic carbocycles. The summed E-state index contributed by atoms with van der Waals surface area (Å²) in [7, 11) is 0. The van der Waals surface area contributed by atoms with Gasteiger partial charge in [-0.05, 0) is 38.0 Å². The van der Waals surface area contributed by atoms with Gasteiger partial charge < -0.3 is 15.3 Å². The predicted molar refractivity (Wildman–Crippen MR) is 105 cm³/mol. The Balaban J connectivity index is 1.68. The Bertz CT molecular complexity index is 1040. The summed E-state index contributed by atoms with van der Waals surface area (Å²) in [6, 6.07) is 6.03. The first-order valence-electron chi connectivity index (χ1n) is 9.05. The Morgan fingerprint density at radius 1 is 1.39 bits per heavy atom. The van der Waals surface area contributed by atoms with E-state index in [0.29, 0.717) is 29.9 Å². The van der Waals surface area contributed by atoms with Crippen LogP contribution in [0.3, 0.4) is 0 Å². The van der Waals surface area contributed by atoms with Crippen molar-refractivity contribution < 1.29 is 14.3 Å². The minimum atomic E-state index is -0.505. The standard InChI is InChI=1S/C19H20FN5O2S/c1-10(12-4-3-5-13(20)8-12)21-19-23-15(16-17(24-19)22-11(2)28-16)18(27)25-7-6-14(26)9-25/h3-5,8,10,14,26H,6-7,9H2,1-2H3,(H,21,23,24)/t10-,14-/m0/s1. The highest BCUT2D eigenvalue weighted by Crippen LogP contribution is 2.27. The van der Waals surface area contributed by atoms with Crippen LogP contribution in [0.2, 0.25) is 0 Å². The van der Waals surface area contributed by atoms with Crippen LogP contribution in [0.4, 0.5) is 10.3 Å². The van der Waals surface area contributed by atoms with Crippen molar-refractivity contribution in [1.82, 2.24) is 19.9 Å². The van der Waals surface area contributed by atoms with Crippen LogP contribution >= 0.6 is 11.3 Å². The van der Waals surface area contributed by atoms with Crippen molar-refractivity contribution >= 4 is 33.5 Å². The molecule has 3 heterocycles. The monoisotopic (exact) mass is 401 g/mol. The molecule has 4 rings (SSSR count). The number of aliphatic hydroxyl groups excluding tert-OH is 1. The number of nitrogens with zero attached hydrogens (tertiary/aromatic N) is 4. The Morgan fingerprint density at radius 3 is 2.93 bits per heavy atom. The van der Waals surface area contributed by atoms with Gasteiger partial charge in [-0.25, -0.2) is 14.4 Å². The summed E-state index contributed by atoms with van der Waals surface area (Å²) in [6.07, 6.45) is 0.0544. The Labute approximate surface area is 165 Å². The van der Waals surface area contributed by atoms with E-state index in [-0.39, 0.29) is 29.4 Å². The molecule has 0 bridgehead atoms. The normalized spacial score (nSPS) is 17.9. The van der Waals surface area contributed by atoms with Crippen LogP contribution in [0.1, 0.15) is 40.4 Å². The summed E-state index contributed by atoms with van der Waals surface area (Å²) >= 11 is 1.37. The van der Waals surface area contributed by atoms with E-state index in [1.807, 2.05) is 19.9 Å². The quantitative estimate of drug-likeness (QED) is 0.699. The third-order valence-corrected chi connectivity index (χ3v) is 5.67. The van der Waals surface area contributed by atoms with Gasteiger partial charge in [-0.3, -0.25) is 4.79 Å².